The van der Waals surface area contributed by atoms with Crippen molar-refractivity contribution in [2.24, 2.45) is 0 Å². The molecule has 0 aliphatic carbocycles. The van der Waals surface area contributed by atoms with Gasteiger partial charge in [0.25, 0.3) is 0 Å². The lowest BCUT2D eigenvalue weighted by molar-refractivity contribution is -0.116. The number of fused-ring (bicyclic) bond motifs is 1. The first-order valence-electron chi connectivity index (χ1n) is 5.61. The lowest BCUT2D eigenvalue weighted by Crippen LogP contribution is -2.24. The minimum Gasteiger partial charge on any atom is -0.408 e. The second-order valence-corrected chi connectivity index (χ2v) is 3.94. The first-order chi connectivity index (χ1) is 9.24. The van der Waals surface area contributed by atoms with Crippen LogP contribution in [0.2, 0.25) is 0 Å². The number of carbonyl (C=O) groups excluding carboxylic acids is 1. The molecule has 0 unspecified atom stereocenters. The lowest BCUT2D eigenvalue weighted by Gasteiger charge is -2.02. The number of hydrogen-bond acceptors (Lipinski definition) is 4. The van der Waals surface area contributed by atoms with Gasteiger partial charge >= 0.3 is 5.76 Å². The molecule has 0 atom stereocenters. The zero-order chi connectivity index (χ0) is 13.2. The van der Waals surface area contributed by atoms with Crippen LogP contribution in [0.4, 0.5) is 5.82 Å². The van der Waals surface area contributed by atoms with Crippen LogP contribution < -0.4 is 11.1 Å². The molecule has 0 bridgehead atoms. The predicted molar refractivity (Wildman–Crippen MR) is 67.7 cm³/mol. The highest BCUT2D eigenvalue weighted by Gasteiger charge is 2.12. The Kier molecular flexibility index (Phi) is 2.64. The van der Waals surface area contributed by atoms with E-state index in [1.54, 1.807) is 30.3 Å². The van der Waals surface area contributed by atoms with Gasteiger partial charge in [-0.25, -0.2) is 4.79 Å². The second kappa shape index (κ2) is 4.45. The first-order valence-corrected chi connectivity index (χ1v) is 5.61. The normalized spacial score (nSPS) is 10.7. The number of aromatic amines is 1. The molecule has 7 nitrogen and oxygen atoms in total. The van der Waals surface area contributed by atoms with Crippen molar-refractivity contribution in [3.05, 3.63) is 47.1 Å². The molecule has 0 aliphatic rings. The third-order valence-electron chi connectivity index (χ3n) is 2.65. The lowest BCUT2D eigenvalue weighted by atomic mass is 10.3. The Balaban J connectivity index is 1.87. The van der Waals surface area contributed by atoms with Crippen LogP contribution in [-0.2, 0) is 11.3 Å². The number of nitrogens with one attached hydrogen (secondary N) is 2. The Bertz CT molecular complexity index is 770. The summed E-state index contributed by atoms with van der Waals surface area (Å²) in [4.78, 5) is 23.5. The fraction of sp³-hybridized carbons (Fsp3) is 0.0833. The Morgan fingerprint density at radius 2 is 2.21 bits per heavy atom. The van der Waals surface area contributed by atoms with Gasteiger partial charge in [-0.05, 0) is 12.1 Å². The number of amides is 1. The zero-order valence-electron chi connectivity index (χ0n) is 9.79. The van der Waals surface area contributed by atoms with Gasteiger partial charge in [0.2, 0.25) is 5.91 Å². The number of rotatable bonds is 3. The molecule has 2 heterocycles. The van der Waals surface area contributed by atoms with Gasteiger partial charge in [-0.3, -0.25) is 14.5 Å². The summed E-state index contributed by atoms with van der Waals surface area (Å²) in [5, 5.41) is 8.91. The van der Waals surface area contributed by atoms with Crippen molar-refractivity contribution < 1.29 is 9.21 Å². The van der Waals surface area contributed by atoms with Crippen LogP contribution in [0, 0.1) is 0 Å². The number of aromatic nitrogens is 3. The molecule has 3 aromatic rings. The fourth-order valence-corrected chi connectivity index (χ4v) is 1.82. The van der Waals surface area contributed by atoms with Gasteiger partial charge in [-0.2, -0.15) is 5.10 Å². The Hall–Kier alpha value is -2.83. The van der Waals surface area contributed by atoms with E-state index in [2.05, 4.69) is 15.5 Å². The van der Waals surface area contributed by atoms with E-state index in [-0.39, 0.29) is 12.5 Å². The standard InChI is InChI=1S/C12H10N4O3/c17-11(14-10-5-6-13-15-10)7-16-8-3-1-2-4-9(8)19-12(16)18/h1-6H,7H2,(H2,13,14,15,17). The van der Waals surface area contributed by atoms with E-state index in [1.165, 1.54) is 10.8 Å². The third-order valence-corrected chi connectivity index (χ3v) is 2.65. The number of nitrogens with zero attached hydrogens (tertiary/aromatic N) is 2. The molecule has 96 valence electrons. The average molecular weight is 258 g/mol. The van der Waals surface area contributed by atoms with Crippen LogP contribution in [0.3, 0.4) is 0 Å². The Morgan fingerprint density at radius 1 is 1.37 bits per heavy atom. The summed E-state index contributed by atoms with van der Waals surface area (Å²) in [6, 6.07) is 8.57. The number of H-pyrrole nitrogens is 1. The molecule has 7 heteroatoms. The molecular weight excluding hydrogens is 248 g/mol. The molecule has 0 fully saturated rings. The van der Waals surface area contributed by atoms with Crippen molar-refractivity contribution in [1.29, 1.82) is 0 Å². The molecule has 3 rings (SSSR count). The van der Waals surface area contributed by atoms with Gasteiger partial charge in [0.15, 0.2) is 5.58 Å². The monoisotopic (exact) mass is 258 g/mol. The third kappa shape index (κ3) is 2.13. The SMILES string of the molecule is O=C(Cn1c(=O)oc2ccccc21)Nc1ccn[nH]1. The summed E-state index contributed by atoms with van der Waals surface area (Å²) in [5.74, 6) is -0.412. The molecule has 0 spiro atoms. The van der Waals surface area contributed by atoms with Crippen molar-refractivity contribution in [1.82, 2.24) is 14.8 Å². The Morgan fingerprint density at radius 3 is 3.00 bits per heavy atom. The maximum Gasteiger partial charge on any atom is 0.420 e. The largest absolute Gasteiger partial charge is 0.420 e. The average Bonchev–Trinajstić information content (AvgIpc) is 2.99. The summed E-state index contributed by atoms with van der Waals surface area (Å²) < 4.78 is 6.32. The highest BCUT2D eigenvalue weighted by atomic mass is 16.4. The van der Waals surface area contributed by atoms with Crippen LogP contribution >= 0.6 is 0 Å². The van der Waals surface area contributed by atoms with Crippen LogP contribution in [0.15, 0.2) is 45.7 Å². The van der Waals surface area contributed by atoms with E-state index in [4.69, 9.17) is 4.42 Å². The summed E-state index contributed by atoms with van der Waals surface area (Å²) in [5.41, 5.74) is 1.05. The topological polar surface area (TPSA) is 92.9 Å². The van der Waals surface area contributed by atoms with Crippen molar-refractivity contribution in [3.8, 4) is 0 Å². The van der Waals surface area contributed by atoms with Crippen LogP contribution in [-0.4, -0.2) is 20.7 Å². The zero-order valence-corrected chi connectivity index (χ0v) is 9.79. The highest BCUT2D eigenvalue weighted by Crippen LogP contribution is 2.11. The number of oxazole rings is 1. The van der Waals surface area contributed by atoms with Gasteiger partial charge in [0.05, 0.1) is 11.7 Å². The quantitative estimate of drug-likeness (QED) is 0.731. The van der Waals surface area contributed by atoms with Crippen molar-refractivity contribution >= 4 is 22.8 Å². The molecular formula is C12H10N4O3. The fourth-order valence-electron chi connectivity index (χ4n) is 1.82. The van der Waals surface area contributed by atoms with Crippen LogP contribution in [0.1, 0.15) is 0 Å². The van der Waals surface area contributed by atoms with Gasteiger partial charge in [-0.1, -0.05) is 12.1 Å². The molecule has 0 saturated heterocycles. The first kappa shape index (κ1) is 11.3. The summed E-state index contributed by atoms with van der Waals surface area (Å²) in [6.07, 6.45) is 1.52. The molecule has 19 heavy (non-hydrogen) atoms. The van der Waals surface area contributed by atoms with E-state index in [1.807, 2.05) is 0 Å². The summed E-state index contributed by atoms with van der Waals surface area (Å²) in [7, 11) is 0. The van der Waals surface area contributed by atoms with Crippen LogP contribution in [0.5, 0.6) is 0 Å². The van der Waals surface area contributed by atoms with Gasteiger partial charge in [0, 0.05) is 6.07 Å². The Labute approximate surface area is 106 Å². The van der Waals surface area contributed by atoms with Crippen molar-refractivity contribution in [2.75, 3.05) is 5.32 Å². The van der Waals surface area contributed by atoms with Crippen molar-refractivity contribution in [3.63, 3.8) is 0 Å². The molecule has 0 radical (unpaired) electrons. The molecule has 1 aromatic carbocycles. The van der Waals surface area contributed by atoms with Crippen LogP contribution in [0.25, 0.3) is 11.1 Å². The summed E-state index contributed by atoms with van der Waals surface area (Å²) >= 11 is 0. The number of hydrogen-bond donors (Lipinski definition) is 2. The summed E-state index contributed by atoms with van der Waals surface area (Å²) in [6.45, 7) is -0.116. The second-order valence-electron chi connectivity index (χ2n) is 3.94. The number of carbonyl (C=O) groups is 1. The van der Waals surface area contributed by atoms with E-state index >= 15 is 0 Å². The van der Waals surface area contributed by atoms with Crippen molar-refractivity contribution in [2.45, 2.75) is 6.54 Å². The van der Waals surface area contributed by atoms with E-state index in [9.17, 15) is 9.59 Å². The number of para-hydroxylation sites is 2. The van der Waals surface area contributed by atoms with Gasteiger partial charge < -0.3 is 9.73 Å². The maximum absolute atomic E-state index is 11.8. The molecule has 2 aromatic heterocycles. The van der Waals surface area contributed by atoms with Gasteiger partial charge in [0.1, 0.15) is 12.4 Å². The number of anilines is 1. The smallest absolute Gasteiger partial charge is 0.408 e. The highest BCUT2D eigenvalue weighted by molar-refractivity contribution is 5.90. The predicted octanol–water partition coefficient (Wildman–Crippen LogP) is 0.956. The van der Waals surface area contributed by atoms with Gasteiger partial charge in [-0.15, -0.1) is 0 Å². The van der Waals surface area contributed by atoms with E-state index in [0.29, 0.717) is 16.9 Å². The molecule has 0 saturated carbocycles. The minimum atomic E-state index is -0.555. The molecule has 0 aliphatic heterocycles. The minimum absolute atomic E-state index is 0.116. The number of benzene rings is 1. The van der Waals surface area contributed by atoms with E-state index < -0.39 is 5.76 Å². The van der Waals surface area contributed by atoms with E-state index in [0.717, 1.165) is 0 Å². The molecule has 2 N–H and O–H groups in total. The molecule has 1 amide bonds. The maximum atomic E-state index is 11.8.